The van der Waals surface area contributed by atoms with Gasteiger partial charge in [0.15, 0.2) is 8.07 Å². The van der Waals surface area contributed by atoms with Crippen LogP contribution in [0.2, 0.25) is 0 Å². The van der Waals surface area contributed by atoms with Gasteiger partial charge in [-0.1, -0.05) is 70.8 Å². The van der Waals surface area contributed by atoms with Gasteiger partial charge in [0.1, 0.15) is 23.0 Å². The number of ether oxygens (including phenoxy) is 2. The fourth-order valence-corrected chi connectivity index (χ4v) is 10.7. The van der Waals surface area contributed by atoms with Gasteiger partial charge in [-0.2, -0.15) is 0 Å². The highest BCUT2D eigenvalue weighted by molar-refractivity contribution is 7.21. The Balaban J connectivity index is 1.87. The van der Waals surface area contributed by atoms with Crippen molar-refractivity contribution in [1.82, 2.24) is 0 Å². The molecule has 0 N–H and O–H groups in total. The van der Waals surface area contributed by atoms with E-state index >= 15 is 0 Å². The highest BCUT2D eigenvalue weighted by atomic mass is 28.3. The van der Waals surface area contributed by atoms with E-state index in [0.717, 1.165) is 23.0 Å². The van der Waals surface area contributed by atoms with Gasteiger partial charge in [0.2, 0.25) is 0 Å². The van der Waals surface area contributed by atoms with Crippen LogP contribution in [0.3, 0.4) is 0 Å². The summed E-state index contributed by atoms with van der Waals surface area (Å²) in [7, 11) is -2.63. The number of rotatable bonds is 0. The molecular formula is C28H24O2Si. The number of aryl methyl sites for hydroxylation is 4. The summed E-state index contributed by atoms with van der Waals surface area (Å²) in [5.41, 5.74) is 5.00. The lowest BCUT2D eigenvalue weighted by Gasteiger charge is -2.43. The van der Waals surface area contributed by atoms with Crippen molar-refractivity contribution in [2.75, 3.05) is 0 Å². The molecule has 0 saturated carbocycles. The van der Waals surface area contributed by atoms with Crippen LogP contribution in [0.4, 0.5) is 0 Å². The van der Waals surface area contributed by atoms with Crippen LogP contribution in [0.5, 0.6) is 23.0 Å². The van der Waals surface area contributed by atoms with Crippen molar-refractivity contribution in [3.63, 3.8) is 0 Å². The molecule has 0 saturated heterocycles. The molecule has 3 heteroatoms. The van der Waals surface area contributed by atoms with Crippen molar-refractivity contribution in [3.05, 3.63) is 95.1 Å². The second-order valence-corrected chi connectivity index (χ2v) is 12.6. The molecule has 0 atom stereocenters. The average Bonchev–Trinajstić information content (AvgIpc) is 2.75. The molecule has 2 heterocycles. The third kappa shape index (κ3) is 2.50. The molecule has 0 fully saturated rings. The van der Waals surface area contributed by atoms with Gasteiger partial charge in [0.05, 0.1) is 0 Å². The molecule has 0 aromatic heterocycles. The van der Waals surface area contributed by atoms with Crippen LogP contribution < -0.4 is 30.2 Å². The first kappa shape index (κ1) is 18.5. The zero-order valence-corrected chi connectivity index (χ0v) is 19.2. The van der Waals surface area contributed by atoms with Gasteiger partial charge in [-0.05, 0) is 72.7 Å². The molecule has 0 amide bonds. The maximum atomic E-state index is 6.50. The lowest BCUT2D eigenvalue weighted by atomic mass is 10.2. The van der Waals surface area contributed by atoms with E-state index in [1.165, 1.54) is 43.0 Å². The van der Waals surface area contributed by atoms with E-state index in [1.54, 1.807) is 0 Å². The fraction of sp³-hybridized carbons (Fsp3) is 0.143. The minimum Gasteiger partial charge on any atom is -0.458 e. The van der Waals surface area contributed by atoms with Crippen LogP contribution in [-0.4, -0.2) is 8.07 Å². The first-order chi connectivity index (χ1) is 15.0. The molecule has 0 unspecified atom stereocenters. The Kier molecular flexibility index (Phi) is 3.78. The molecule has 4 aromatic carbocycles. The van der Waals surface area contributed by atoms with Gasteiger partial charge in [0, 0.05) is 0 Å². The maximum absolute atomic E-state index is 6.50. The number of benzene rings is 4. The number of hydrogen-bond acceptors (Lipinski definition) is 2. The summed E-state index contributed by atoms with van der Waals surface area (Å²) in [6.45, 7) is 8.67. The van der Waals surface area contributed by atoms with Crippen molar-refractivity contribution in [3.8, 4) is 23.0 Å². The molecule has 2 aliphatic rings. The van der Waals surface area contributed by atoms with E-state index in [2.05, 4.69) is 100 Å². The molecule has 2 aliphatic heterocycles. The Morgan fingerprint density at radius 3 is 0.935 bits per heavy atom. The molecule has 6 rings (SSSR count). The molecule has 31 heavy (non-hydrogen) atoms. The molecule has 0 radical (unpaired) electrons. The van der Waals surface area contributed by atoms with Gasteiger partial charge in [0.25, 0.3) is 0 Å². The smallest absolute Gasteiger partial charge is 0.196 e. The van der Waals surface area contributed by atoms with Crippen LogP contribution in [0, 0.1) is 27.7 Å². The minimum atomic E-state index is -2.63. The van der Waals surface area contributed by atoms with E-state index in [1.807, 2.05) is 0 Å². The van der Waals surface area contributed by atoms with Gasteiger partial charge in [-0.15, -0.1) is 0 Å². The zero-order chi connectivity index (χ0) is 21.3. The standard InChI is InChI=1S/C28H24O2Si/c1-17-5-9-21-25(13-17)31(26-14-18(2)6-10-22(26)29-21)27-15-19(3)7-11-23(27)30-24-12-8-20(4)16-28(24)31/h5-16H,1-4H3. The van der Waals surface area contributed by atoms with Crippen molar-refractivity contribution in [2.24, 2.45) is 0 Å². The van der Waals surface area contributed by atoms with Crippen molar-refractivity contribution in [1.29, 1.82) is 0 Å². The highest BCUT2D eigenvalue weighted by Crippen LogP contribution is 2.36. The predicted molar refractivity (Wildman–Crippen MR) is 129 cm³/mol. The normalized spacial score (nSPS) is 14.6. The average molecular weight is 421 g/mol. The van der Waals surface area contributed by atoms with Crippen LogP contribution >= 0.6 is 0 Å². The molecule has 152 valence electrons. The predicted octanol–water partition coefficient (Wildman–Crippen LogP) is 4.51. The van der Waals surface area contributed by atoms with Gasteiger partial charge in [-0.25, -0.2) is 0 Å². The summed E-state index contributed by atoms with van der Waals surface area (Å²) in [4.78, 5) is 0. The molecule has 1 spiro atoms. The molecule has 4 aromatic rings. The van der Waals surface area contributed by atoms with Crippen LogP contribution in [0.1, 0.15) is 22.3 Å². The third-order valence-corrected chi connectivity index (χ3v) is 11.4. The van der Waals surface area contributed by atoms with E-state index in [-0.39, 0.29) is 0 Å². The van der Waals surface area contributed by atoms with Gasteiger partial charge in [-0.3, -0.25) is 0 Å². The molecular weight excluding hydrogens is 396 g/mol. The number of fused-ring (bicyclic) bond motifs is 8. The molecule has 2 nitrogen and oxygen atoms in total. The Labute approximate surface area is 184 Å². The van der Waals surface area contributed by atoms with Crippen molar-refractivity contribution >= 4 is 28.8 Å². The second kappa shape index (κ2) is 6.35. The van der Waals surface area contributed by atoms with Crippen molar-refractivity contribution < 1.29 is 9.47 Å². The summed E-state index contributed by atoms with van der Waals surface area (Å²) < 4.78 is 13.0. The van der Waals surface area contributed by atoms with E-state index in [4.69, 9.17) is 9.47 Å². The summed E-state index contributed by atoms with van der Waals surface area (Å²) in [5, 5.41) is 5.25. The topological polar surface area (TPSA) is 18.5 Å². The lowest BCUT2D eigenvalue weighted by Crippen LogP contribution is -2.77. The second-order valence-electron chi connectivity index (χ2n) is 8.95. The van der Waals surface area contributed by atoms with Crippen molar-refractivity contribution in [2.45, 2.75) is 27.7 Å². The first-order valence-corrected chi connectivity index (χ1v) is 12.8. The first-order valence-electron chi connectivity index (χ1n) is 10.8. The monoisotopic (exact) mass is 420 g/mol. The third-order valence-electron chi connectivity index (χ3n) is 6.60. The SMILES string of the molecule is Cc1ccc2c(c1)[Si]1(c3cc(C)ccc3O2)c2cc(C)ccc2Oc2ccc(C)cc21. The van der Waals surface area contributed by atoms with Gasteiger partial charge >= 0.3 is 0 Å². The Bertz CT molecular complexity index is 1170. The largest absolute Gasteiger partial charge is 0.458 e. The zero-order valence-electron chi connectivity index (χ0n) is 18.2. The highest BCUT2D eigenvalue weighted by Gasteiger charge is 2.53. The molecule has 0 bridgehead atoms. The summed E-state index contributed by atoms with van der Waals surface area (Å²) in [5.74, 6) is 3.87. The van der Waals surface area contributed by atoms with Crippen LogP contribution in [0.15, 0.2) is 72.8 Å². The van der Waals surface area contributed by atoms with Gasteiger partial charge < -0.3 is 9.47 Å². The Morgan fingerprint density at radius 1 is 0.419 bits per heavy atom. The lowest BCUT2D eigenvalue weighted by molar-refractivity contribution is 0.481. The summed E-state index contributed by atoms with van der Waals surface area (Å²) in [6.07, 6.45) is 0. The Morgan fingerprint density at radius 2 is 0.677 bits per heavy atom. The van der Waals surface area contributed by atoms with E-state index in [0.29, 0.717) is 0 Å². The Hall–Kier alpha value is -3.30. The number of hydrogen-bond donors (Lipinski definition) is 0. The molecule has 0 aliphatic carbocycles. The van der Waals surface area contributed by atoms with E-state index < -0.39 is 8.07 Å². The minimum absolute atomic E-state index is 0.968. The fourth-order valence-electron chi connectivity index (χ4n) is 5.21. The van der Waals surface area contributed by atoms with E-state index in [9.17, 15) is 0 Å². The van der Waals surface area contributed by atoms with Crippen LogP contribution in [0.25, 0.3) is 0 Å². The summed E-state index contributed by atoms with van der Waals surface area (Å²) in [6, 6.07) is 26.5. The quantitative estimate of drug-likeness (QED) is 0.337. The summed E-state index contributed by atoms with van der Waals surface area (Å²) >= 11 is 0. The van der Waals surface area contributed by atoms with Crippen LogP contribution in [-0.2, 0) is 0 Å². The maximum Gasteiger partial charge on any atom is 0.196 e.